The maximum atomic E-state index is 5.32. The Balaban J connectivity index is 0.000000150. The SMILES string of the molecule is C1CCC1.C1[SiH2]O[SiH2]O[SiH2]O[SiH2]1. The lowest BCUT2D eigenvalue weighted by Crippen LogP contribution is -2.20. The van der Waals surface area contributed by atoms with Crippen molar-refractivity contribution in [2.24, 2.45) is 0 Å². The smallest absolute Gasteiger partial charge is 0.284 e. The molecular weight excluding hydrogens is 220 g/mol. The van der Waals surface area contributed by atoms with Crippen LogP contribution < -0.4 is 0 Å². The molecule has 0 aromatic carbocycles. The monoisotopic (exact) mass is 238 g/mol. The van der Waals surface area contributed by atoms with Gasteiger partial charge in [-0.05, 0) is 5.67 Å². The molecule has 1 heterocycles. The minimum absolute atomic E-state index is 0.153. The van der Waals surface area contributed by atoms with E-state index in [1.165, 1.54) is 31.4 Å². The molecule has 3 nitrogen and oxygen atoms in total. The Morgan fingerprint density at radius 3 is 1.58 bits per heavy atom. The topological polar surface area (TPSA) is 27.7 Å². The number of hydrogen-bond acceptors (Lipinski definition) is 3. The van der Waals surface area contributed by atoms with Crippen molar-refractivity contribution >= 4 is 39.5 Å². The minimum atomic E-state index is -0.528. The zero-order chi connectivity index (χ0) is 8.49. The van der Waals surface area contributed by atoms with Gasteiger partial charge >= 0.3 is 0 Å². The van der Waals surface area contributed by atoms with Crippen LogP contribution in [0.3, 0.4) is 0 Å². The van der Waals surface area contributed by atoms with E-state index in [0.29, 0.717) is 0 Å². The molecule has 0 aromatic rings. The molecule has 7 heteroatoms. The molecule has 2 rings (SSSR count). The van der Waals surface area contributed by atoms with Crippen molar-refractivity contribution < 1.29 is 12.3 Å². The molecule has 0 unspecified atom stereocenters. The predicted molar refractivity (Wildman–Crippen MR) is 60.7 cm³/mol. The third kappa shape index (κ3) is 6.28. The Morgan fingerprint density at radius 2 is 1.17 bits per heavy atom. The molecule has 0 aromatic heterocycles. The second kappa shape index (κ2) is 8.35. The Hall–Kier alpha value is 0.748. The van der Waals surface area contributed by atoms with Crippen LogP contribution in [0.1, 0.15) is 25.7 Å². The van der Waals surface area contributed by atoms with Crippen LogP contribution in [-0.4, -0.2) is 39.5 Å². The van der Waals surface area contributed by atoms with Gasteiger partial charge in [0.05, 0.1) is 0 Å². The van der Waals surface area contributed by atoms with E-state index in [1.54, 1.807) is 0 Å². The highest BCUT2D eigenvalue weighted by molar-refractivity contribution is 6.58. The summed E-state index contributed by atoms with van der Waals surface area (Å²) in [6.07, 6.45) is 6.00. The molecule has 2 fully saturated rings. The van der Waals surface area contributed by atoms with Crippen molar-refractivity contribution in [1.82, 2.24) is 0 Å². The van der Waals surface area contributed by atoms with Gasteiger partial charge in [0.15, 0.2) is 0 Å². The number of hydrogen-bond donors (Lipinski definition) is 0. The Kier molecular flexibility index (Phi) is 7.53. The van der Waals surface area contributed by atoms with Crippen LogP contribution in [0, 0.1) is 0 Å². The van der Waals surface area contributed by atoms with Gasteiger partial charge in [0.1, 0.15) is 19.5 Å². The van der Waals surface area contributed by atoms with E-state index in [2.05, 4.69) is 0 Å². The highest BCUT2D eigenvalue weighted by Gasteiger charge is 1.97. The first kappa shape index (κ1) is 10.8. The molecule has 0 N–H and O–H groups in total. The summed E-state index contributed by atoms with van der Waals surface area (Å²) in [7, 11) is -1.36. The maximum Gasteiger partial charge on any atom is 0.284 e. The van der Waals surface area contributed by atoms with E-state index in [1.807, 2.05) is 0 Å². The summed E-state index contributed by atoms with van der Waals surface area (Å²) in [5.74, 6) is 0. The van der Waals surface area contributed by atoms with Gasteiger partial charge in [0, 0.05) is 0 Å². The van der Waals surface area contributed by atoms with Crippen LogP contribution in [-0.2, 0) is 12.3 Å². The molecule has 0 radical (unpaired) electrons. The van der Waals surface area contributed by atoms with Crippen molar-refractivity contribution in [3.05, 3.63) is 0 Å². The molecular formula is C5H18O3Si4. The van der Waals surface area contributed by atoms with E-state index in [-0.39, 0.29) is 19.5 Å². The van der Waals surface area contributed by atoms with Gasteiger partial charge in [-0.2, -0.15) is 0 Å². The molecule has 1 saturated heterocycles. The quantitative estimate of drug-likeness (QED) is 0.464. The summed E-state index contributed by atoms with van der Waals surface area (Å²) < 4.78 is 15.8. The van der Waals surface area contributed by atoms with Crippen LogP contribution in [0.25, 0.3) is 0 Å². The molecule has 12 heavy (non-hydrogen) atoms. The normalized spacial score (nSPS) is 32.0. The van der Waals surface area contributed by atoms with E-state index in [9.17, 15) is 0 Å². The molecule has 72 valence electrons. The van der Waals surface area contributed by atoms with Crippen LogP contribution in [0.4, 0.5) is 0 Å². The number of rotatable bonds is 0. The van der Waals surface area contributed by atoms with Crippen LogP contribution >= 0.6 is 0 Å². The van der Waals surface area contributed by atoms with Crippen molar-refractivity contribution in [2.45, 2.75) is 31.4 Å². The molecule has 0 bridgehead atoms. The molecule has 0 atom stereocenters. The van der Waals surface area contributed by atoms with Gasteiger partial charge < -0.3 is 12.3 Å². The second-order valence-electron chi connectivity index (χ2n) is 3.02. The van der Waals surface area contributed by atoms with E-state index in [4.69, 9.17) is 12.3 Å². The summed E-state index contributed by atoms with van der Waals surface area (Å²) >= 11 is 0. The molecule has 1 aliphatic carbocycles. The van der Waals surface area contributed by atoms with Crippen molar-refractivity contribution in [3.8, 4) is 0 Å². The summed E-state index contributed by atoms with van der Waals surface area (Å²) in [6.45, 7) is 0. The van der Waals surface area contributed by atoms with Crippen LogP contribution in [0.15, 0.2) is 0 Å². The zero-order valence-electron chi connectivity index (χ0n) is 7.59. The average Bonchev–Trinajstić information content (AvgIpc) is 1.79. The molecule has 1 aliphatic heterocycles. The molecule has 1 saturated carbocycles. The molecule has 0 amide bonds. The summed E-state index contributed by atoms with van der Waals surface area (Å²) in [5, 5.41) is 0. The van der Waals surface area contributed by atoms with E-state index >= 15 is 0 Å². The second-order valence-corrected chi connectivity index (χ2v) is 12.0. The lowest BCUT2D eigenvalue weighted by molar-refractivity contribution is 0.426. The van der Waals surface area contributed by atoms with E-state index < -0.39 is 20.0 Å². The van der Waals surface area contributed by atoms with Gasteiger partial charge in [0.2, 0.25) is 0 Å². The van der Waals surface area contributed by atoms with Gasteiger partial charge in [-0.1, -0.05) is 25.7 Å². The van der Waals surface area contributed by atoms with Gasteiger partial charge in [-0.25, -0.2) is 0 Å². The molecule has 2 aliphatic rings. The summed E-state index contributed by atoms with van der Waals surface area (Å²) in [4.78, 5) is 0. The zero-order valence-corrected chi connectivity index (χ0v) is 13.2. The lowest BCUT2D eigenvalue weighted by atomic mass is 10.0. The Labute approximate surface area is 83.6 Å². The fourth-order valence-corrected chi connectivity index (χ4v) is 10.8. The summed E-state index contributed by atoms with van der Waals surface area (Å²) in [5.41, 5.74) is 1.32. The van der Waals surface area contributed by atoms with E-state index in [0.717, 1.165) is 0 Å². The van der Waals surface area contributed by atoms with Crippen LogP contribution in [0.5, 0.6) is 0 Å². The fraction of sp³-hybridized carbons (Fsp3) is 1.00. The van der Waals surface area contributed by atoms with Crippen molar-refractivity contribution in [3.63, 3.8) is 0 Å². The largest absolute Gasteiger partial charge is 0.446 e. The minimum Gasteiger partial charge on any atom is -0.446 e. The lowest BCUT2D eigenvalue weighted by Gasteiger charge is -2.09. The highest BCUT2D eigenvalue weighted by Crippen LogP contribution is 2.15. The van der Waals surface area contributed by atoms with Crippen molar-refractivity contribution in [2.75, 3.05) is 0 Å². The van der Waals surface area contributed by atoms with Gasteiger partial charge in [-0.3, -0.25) is 0 Å². The summed E-state index contributed by atoms with van der Waals surface area (Å²) in [6, 6.07) is 0. The highest BCUT2D eigenvalue weighted by atomic mass is 28.4. The van der Waals surface area contributed by atoms with Gasteiger partial charge in [0.25, 0.3) is 20.0 Å². The van der Waals surface area contributed by atoms with Crippen molar-refractivity contribution in [1.29, 1.82) is 0 Å². The fourth-order valence-electron chi connectivity index (χ4n) is 0.783. The first-order valence-electron chi connectivity index (χ1n) is 4.73. The third-order valence-electron chi connectivity index (χ3n) is 1.91. The standard InChI is InChI=1S/C4H8.CH10O3Si4/c1-2-4-3-1;1-5-2-7-4-8-3-6-1/h1-4H2;1,5-8H2. The first-order valence-corrected chi connectivity index (χ1v) is 10.2. The Bertz CT molecular complexity index is 72.7. The molecule has 0 spiro atoms. The Morgan fingerprint density at radius 1 is 0.667 bits per heavy atom. The maximum absolute atomic E-state index is 5.32. The third-order valence-corrected chi connectivity index (χ3v) is 9.20. The predicted octanol–water partition coefficient (Wildman–Crippen LogP) is -1.85. The van der Waals surface area contributed by atoms with Gasteiger partial charge in [-0.15, -0.1) is 0 Å². The van der Waals surface area contributed by atoms with Crippen LogP contribution in [0.2, 0.25) is 5.67 Å². The average molecular weight is 239 g/mol. The first-order chi connectivity index (χ1) is 6.00.